The van der Waals surface area contributed by atoms with Crippen LogP contribution in [0.25, 0.3) is 0 Å². The van der Waals surface area contributed by atoms with Crippen LogP contribution in [0.3, 0.4) is 0 Å². The maximum absolute atomic E-state index is 8.63. The fourth-order valence-electron chi connectivity index (χ4n) is 2.27. The molecule has 1 heterocycles. The van der Waals surface area contributed by atoms with E-state index in [-0.39, 0.29) is 0 Å². The lowest BCUT2D eigenvalue weighted by atomic mass is 9.95. The lowest BCUT2D eigenvalue weighted by molar-refractivity contribution is 0.226. The van der Waals surface area contributed by atoms with Crippen molar-refractivity contribution in [2.75, 3.05) is 6.54 Å². The third kappa shape index (κ3) is 2.62. The van der Waals surface area contributed by atoms with Crippen molar-refractivity contribution in [2.45, 2.75) is 25.8 Å². The van der Waals surface area contributed by atoms with Crippen molar-refractivity contribution in [3.05, 3.63) is 59.8 Å². The first-order chi connectivity index (χ1) is 8.72. The molecule has 0 saturated carbocycles. The van der Waals surface area contributed by atoms with E-state index in [4.69, 9.17) is 5.26 Å². The van der Waals surface area contributed by atoms with Crippen LogP contribution in [0, 0.1) is 11.3 Å². The molecule has 18 heavy (non-hydrogen) atoms. The SMILES string of the molecule is C=C(CCc1ccccc1)N1C/C(=C\C#N)C1C. The van der Waals surface area contributed by atoms with Crippen molar-refractivity contribution in [3.63, 3.8) is 0 Å². The predicted molar refractivity (Wildman–Crippen MR) is 73.8 cm³/mol. The lowest BCUT2D eigenvalue weighted by Crippen LogP contribution is -2.47. The highest BCUT2D eigenvalue weighted by Crippen LogP contribution is 2.29. The van der Waals surface area contributed by atoms with E-state index in [1.54, 1.807) is 6.08 Å². The van der Waals surface area contributed by atoms with Gasteiger partial charge in [-0.05, 0) is 30.9 Å². The van der Waals surface area contributed by atoms with Crippen molar-refractivity contribution < 1.29 is 0 Å². The Morgan fingerprint density at radius 3 is 2.83 bits per heavy atom. The normalized spacial score (nSPS) is 20.3. The predicted octanol–water partition coefficient (Wildman–Crippen LogP) is 3.29. The number of hydrogen-bond donors (Lipinski definition) is 0. The number of rotatable bonds is 4. The van der Waals surface area contributed by atoms with Gasteiger partial charge in [0.25, 0.3) is 0 Å². The molecule has 0 amide bonds. The number of nitrogens with zero attached hydrogens (tertiary/aromatic N) is 2. The second-order valence-corrected chi connectivity index (χ2v) is 4.70. The van der Waals surface area contributed by atoms with Crippen LogP contribution in [0.4, 0.5) is 0 Å². The van der Waals surface area contributed by atoms with Crippen molar-refractivity contribution in [1.29, 1.82) is 5.26 Å². The van der Waals surface area contributed by atoms with E-state index >= 15 is 0 Å². The molecule has 0 N–H and O–H groups in total. The van der Waals surface area contributed by atoms with Gasteiger partial charge in [-0.1, -0.05) is 36.9 Å². The Balaban J connectivity index is 1.84. The number of likely N-dealkylation sites (tertiary alicyclic amines) is 1. The molecule has 1 aliphatic rings. The van der Waals surface area contributed by atoms with E-state index < -0.39 is 0 Å². The number of benzene rings is 1. The highest BCUT2D eigenvalue weighted by atomic mass is 15.2. The van der Waals surface area contributed by atoms with Crippen molar-refractivity contribution in [2.24, 2.45) is 0 Å². The standard InChI is InChI=1S/C16H18N2/c1-13(8-9-15-6-4-3-5-7-15)18-12-16(10-11-17)14(18)2/h3-7,10,14H,1,8-9,12H2,2H3/b16-10+. The molecule has 1 aliphatic heterocycles. The van der Waals surface area contributed by atoms with Crippen LogP contribution < -0.4 is 0 Å². The van der Waals surface area contributed by atoms with Gasteiger partial charge in [-0.15, -0.1) is 0 Å². The summed E-state index contributed by atoms with van der Waals surface area (Å²) in [5.74, 6) is 0. The maximum Gasteiger partial charge on any atom is 0.0913 e. The van der Waals surface area contributed by atoms with Gasteiger partial charge in [0, 0.05) is 18.3 Å². The molecule has 1 saturated heterocycles. The summed E-state index contributed by atoms with van der Waals surface area (Å²) in [6.07, 6.45) is 3.67. The zero-order valence-corrected chi connectivity index (χ0v) is 10.8. The van der Waals surface area contributed by atoms with Crippen LogP contribution in [0.2, 0.25) is 0 Å². The molecular formula is C16H18N2. The number of hydrogen-bond acceptors (Lipinski definition) is 2. The highest BCUT2D eigenvalue weighted by Gasteiger charge is 2.29. The molecular weight excluding hydrogens is 220 g/mol. The quantitative estimate of drug-likeness (QED) is 0.753. The van der Waals surface area contributed by atoms with Crippen LogP contribution in [0.15, 0.2) is 54.3 Å². The average Bonchev–Trinajstić information content (AvgIpc) is 2.41. The molecule has 1 unspecified atom stereocenters. The first-order valence-corrected chi connectivity index (χ1v) is 6.29. The molecule has 92 valence electrons. The van der Waals surface area contributed by atoms with Gasteiger partial charge >= 0.3 is 0 Å². The van der Waals surface area contributed by atoms with Crippen LogP contribution in [-0.2, 0) is 6.42 Å². The van der Waals surface area contributed by atoms with Crippen LogP contribution in [0.1, 0.15) is 18.9 Å². The smallest absolute Gasteiger partial charge is 0.0913 e. The summed E-state index contributed by atoms with van der Waals surface area (Å²) in [6, 6.07) is 12.9. The van der Waals surface area contributed by atoms with E-state index in [9.17, 15) is 0 Å². The zero-order valence-electron chi connectivity index (χ0n) is 10.8. The van der Waals surface area contributed by atoms with Gasteiger partial charge in [0.2, 0.25) is 0 Å². The van der Waals surface area contributed by atoms with Gasteiger partial charge in [0.05, 0.1) is 12.1 Å². The van der Waals surface area contributed by atoms with Gasteiger partial charge in [0.15, 0.2) is 0 Å². The van der Waals surface area contributed by atoms with Crippen molar-refractivity contribution in [3.8, 4) is 6.07 Å². The Bertz CT molecular complexity index is 494. The Labute approximate surface area is 109 Å². The van der Waals surface area contributed by atoms with E-state index in [1.807, 2.05) is 6.07 Å². The maximum atomic E-state index is 8.63. The molecule has 2 rings (SSSR count). The first kappa shape index (κ1) is 12.4. The van der Waals surface area contributed by atoms with Crippen molar-refractivity contribution in [1.82, 2.24) is 4.90 Å². The Hall–Kier alpha value is -2.01. The molecule has 1 aromatic carbocycles. The third-order valence-corrected chi connectivity index (χ3v) is 3.56. The summed E-state index contributed by atoms with van der Waals surface area (Å²) in [5.41, 5.74) is 3.72. The van der Waals surface area contributed by atoms with Crippen molar-refractivity contribution >= 4 is 0 Å². The van der Waals surface area contributed by atoms with Gasteiger partial charge in [-0.25, -0.2) is 0 Å². The molecule has 0 aromatic heterocycles. The Kier molecular flexibility index (Phi) is 3.84. The summed E-state index contributed by atoms with van der Waals surface area (Å²) < 4.78 is 0. The summed E-state index contributed by atoms with van der Waals surface area (Å²) in [4.78, 5) is 2.27. The first-order valence-electron chi connectivity index (χ1n) is 6.29. The molecule has 1 atom stereocenters. The van der Waals surface area contributed by atoms with Gasteiger partial charge < -0.3 is 4.90 Å². The number of allylic oxidation sites excluding steroid dienone is 2. The minimum absolute atomic E-state index is 0.341. The second-order valence-electron chi connectivity index (χ2n) is 4.70. The molecule has 0 bridgehead atoms. The highest BCUT2D eigenvalue weighted by molar-refractivity contribution is 5.30. The topological polar surface area (TPSA) is 27.0 Å². The van der Waals surface area contributed by atoms with E-state index in [1.165, 1.54) is 16.8 Å². The Morgan fingerprint density at radius 1 is 1.50 bits per heavy atom. The largest absolute Gasteiger partial charge is 0.365 e. The summed E-state index contributed by atoms with van der Waals surface area (Å²) >= 11 is 0. The van der Waals surface area contributed by atoms with Crippen LogP contribution in [0.5, 0.6) is 0 Å². The van der Waals surface area contributed by atoms with E-state index in [0.29, 0.717) is 6.04 Å². The van der Waals surface area contributed by atoms with Gasteiger partial charge in [-0.2, -0.15) is 5.26 Å². The number of aryl methyl sites for hydroxylation is 1. The Morgan fingerprint density at radius 2 is 2.22 bits per heavy atom. The number of nitriles is 1. The fourth-order valence-corrected chi connectivity index (χ4v) is 2.27. The summed E-state index contributed by atoms with van der Waals surface area (Å²) in [5, 5.41) is 8.63. The summed E-state index contributed by atoms with van der Waals surface area (Å²) in [6.45, 7) is 7.14. The van der Waals surface area contributed by atoms with Crippen LogP contribution in [-0.4, -0.2) is 17.5 Å². The molecule has 0 spiro atoms. The molecule has 1 aromatic rings. The minimum Gasteiger partial charge on any atom is -0.365 e. The van der Waals surface area contributed by atoms with Crippen LogP contribution >= 0.6 is 0 Å². The lowest BCUT2D eigenvalue weighted by Gasteiger charge is -2.44. The van der Waals surface area contributed by atoms with E-state index in [2.05, 4.69) is 48.7 Å². The van der Waals surface area contributed by atoms with Gasteiger partial charge in [-0.3, -0.25) is 0 Å². The molecule has 0 radical (unpaired) electrons. The second kappa shape index (κ2) is 5.55. The molecule has 0 aliphatic carbocycles. The minimum atomic E-state index is 0.341. The van der Waals surface area contributed by atoms with Gasteiger partial charge in [0.1, 0.15) is 0 Å². The third-order valence-electron chi connectivity index (χ3n) is 3.56. The molecule has 1 fully saturated rings. The monoisotopic (exact) mass is 238 g/mol. The fraction of sp³-hybridized carbons (Fsp3) is 0.312. The average molecular weight is 238 g/mol. The summed E-state index contributed by atoms with van der Waals surface area (Å²) in [7, 11) is 0. The molecule has 2 heteroatoms. The van der Waals surface area contributed by atoms with E-state index in [0.717, 1.165) is 19.4 Å². The zero-order chi connectivity index (χ0) is 13.0. The molecule has 2 nitrogen and oxygen atoms in total.